The maximum atomic E-state index is 6.33. The molecule has 1 saturated heterocycles. The van der Waals surface area contributed by atoms with Crippen molar-refractivity contribution in [1.29, 1.82) is 0 Å². The first-order valence-corrected chi connectivity index (χ1v) is 8.81. The van der Waals surface area contributed by atoms with E-state index in [0.29, 0.717) is 13.2 Å². The van der Waals surface area contributed by atoms with Crippen LogP contribution in [0.3, 0.4) is 0 Å². The fraction of sp³-hybridized carbons (Fsp3) is 0.421. The number of nitrogens with zero attached hydrogens (tertiary/aromatic N) is 3. The molecule has 7 heteroatoms. The van der Waals surface area contributed by atoms with Crippen molar-refractivity contribution in [3.8, 4) is 16.9 Å². The highest BCUT2D eigenvalue weighted by atomic mass is 16.6. The van der Waals surface area contributed by atoms with E-state index in [0.717, 1.165) is 35.3 Å². The quantitative estimate of drug-likeness (QED) is 0.844. The summed E-state index contributed by atoms with van der Waals surface area (Å²) in [6.45, 7) is 3.08. The number of fused-ring (bicyclic) bond motifs is 4. The van der Waals surface area contributed by atoms with Crippen LogP contribution in [0.4, 0.5) is 0 Å². The number of aliphatic imine (C=N–C) groups is 1. The van der Waals surface area contributed by atoms with Gasteiger partial charge in [0.25, 0.3) is 6.02 Å². The molecule has 1 aromatic carbocycles. The van der Waals surface area contributed by atoms with Gasteiger partial charge in [0, 0.05) is 30.1 Å². The molecule has 5 rings (SSSR count). The Morgan fingerprint density at radius 2 is 2.04 bits per heavy atom. The third-order valence-electron chi connectivity index (χ3n) is 5.77. The Labute approximate surface area is 151 Å². The molecule has 4 heterocycles. The molecule has 2 N–H and O–H groups in total. The number of aromatic nitrogens is 2. The third kappa shape index (κ3) is 2.00. The largest absolute Gasteiger partial charge is 0.487 e. The number of ether oxygens (including phenoxy) is 3. The Kier molecular flexibility index (Phi) is 3.24. The summed E-state index contributed by atoms with van der Waals surface area (Å²) in [6, 6.07) is 6.26. The standard InChI is InChI=1S/C19H20N4O3/c1-18-16(3-2-6-25-18)26-15-5-4-12(13-8-21-11-22-9-13)7-14(15)19(18)10-24-17(20)23-19/h4-5,7-9,11,16H,2-3,6,10H2,1H3,(H2,20,23)/t16?,18-,19?/m0/s1. The monoisotopic (exact) mass is 352 g/mol. The Balaban J connectivity index is 1.72. The first-order valence-electron chi connectivity index (χ1n) is 8.81. The van der Waals surface area contributed by atoms with Crippen LogP contribution < -0.4 is 10.5 Å². The molecule has 1 spiro atoms. The van der Waals surface area contributed by atoms with Gasteiger partial charge in [0.2, 0.25) is 0 Å². The van der Waals surface area contributed by atoms with Crippen LogP contribution in [0.25, 0.3) is 11.1 Å². The normalized spacial score (nSPS) is 32.2. The van der Waals surface area contributed by atoms with E-state index >= 15 is 0 Å². The summed E-state index contributed by atoms with van der Waals surface area (Å²) < 4.78 is 18.2. The lowest BCUT2D eigenvalue weighted by molar-refractivity contribution is -0.188. The average molecular weight is 352 g/mol. The van der Waals surface area contributed by atoms with Gasteiger partial charge in [0.15, 0.2) is 5.54 Å². The molecule has 0 bridgehead atoms. The van der Waals surface area contributed by atoms with Gasteiger partial charge in [-0.1, -0.05) is 6.07 Å². The first-order chi connectivity index (χ1) is 12.6. The van der Waals surface area contributed by atoms with Crippen LogP contribution in [0, 0.1) is 0 Å². The Morgan fingerprint density at radius 1 is 1.19 bits per heavy atom. The third-order valence-corrected chi connectivity index (χ3v) is 5.77. The van der Waals surface area contributed by atoms with Gasteiger partial charge >= 0.3 is 0 Å². The van der Waals surface area contributed by atoms with Crippen molar-refractivity contribution in [2.75, 3.05) is 13.2 Å². The van der Waals surface area contributed by atoms with Crippen molar-refractivity contribution in [3.05, 3.63) is 42.5 Å². The molecule has 2 unspecified atom stereocenters. The summed E-state index contributed by atoms with van der Waals surface area (Å²) in [7, 11) is 0. The van der Waals surface area contributed by atoms with Crippen molar-refractivity contribution in [2.24, 2.45) is 10.7 Å². The topological polar surface area (TPSA) is 91.8 Å². The summed E-state index contributed by atoms with van der Waals surface area (Å²) in [5, 5.41) is 0. The van der Waals surface area contributed by atoms with E-state index in [4.69, 9.17) is 24.9 Å². The van der Waals surface area contributed by atoms with Gasteiger partial charge in [0.1, 0.15) is 30.4 Å². The number of rotatable bonds is 1. The number of nitrogens with two attached hydrogens (primary N) is 1. The number of amidine groups is 1. The van der Waals surface area contributed by atoms with Crippen LogP contribution in [0.2, 0.25) is 0 Å². The fourth-order valence-corrected chi connectivity index (χ4v) is 4.31. The summed E-state index contributed by atoms with van der Waals surface area (Å²) in [5.74, 6) is 0.806. The predicted molar refractivity (Wildman–Crippen MR) is 94.7 cm³/mol. The molecule has 3 aliphatic rings. The van der Waals surface area contributed by atoms with Gasteiger partial charge < -0.3 is 19.9 Å². The van der Waals surface area contributed by atoms with Crippen molar-refractivity contribution in [1.82, 2.24) is 9.97 Å². The van der Waals surface area contributed by atoms with Crippen molar-refractivity contribution in [2.45, 2.75) is 37.0 Å². The number of benzene rings is 1. The van der Waals surface area contributed by atoms with Crippen LogP contribution in [0.15, 0.2) is 41.9 Å². The molecule has 1 aromatic heterocycles. The lowest BCUT2D eigenvalue weighted by Crippen LogP contribution is -2.64. The van der Waals surface area contributed by atoms with E-state index < -0.39 is 11.1 Å². The van der Waals surface area contributed by atoms with E-state index in [1.807, 2.05) is 12.1 Å². The lowest BCUT2D eigenvalue weighted by Gasteiger charge is -2.53. The molecular weight excluding hydrogens is 332 g/mol. The predicted octanol–water partition coefficient (Wildman–Crippen LogP) is 2.01. The second-order valence-corrected chi connectivity index (χ2v) is 7.14. The van der Waals surface area contributed by atoms with Crippen molar-refractivity contribution < 1.29 is 14.2 Å². The highest BCUT2D eigenvalue weighted by Gasteiger charge is 2.63. The maximum absolute atomic E-state index is 6.33. The van der Waals surface area contributed by atoms with Crippen molar-refractivity contribution in [3.63, 3.8) is 0 Å². The van der Waals surface area contributed by atoms with E-state index in [-0.39, 0.29) is 12.1 Å². The molecule has 0 radical (unpaired) electrons. The molecular formula is C19H20N4O3. The molecule has 26 heavy (non-hydrogen) atoms. The van der Waals surface area contributed by atoms with Gasteiger partial charge in [-0.15, -0.1) is 0 Å². The summed E-state index contributed by atoms with van der Waals surface area (Å²) in [5.41, 5.74) is 7.44. The second kappa shape index (κ2) is 5.41. The van der Waals surface area contributed by atoms with Gasteiger partial charge in [0.05, 0.1) is 0 Å². The Hall–Kier alpha value is -2.67. The number of hydrogen-bond acceptors (Lipinski definition) is 7. The minimum absolute atomic E-state index is 0.0899. The zero-order valence-corrected chi connectivity index (χ0v) is 14.5. The molecule has 3 atom stereocenters. The molecule has 0 saturated carbocycles. The zero-order valence-electron chi connectivity index (χ0n) is 14.5. The summed E-state index contributed by atoms with van der Waals surface area (Å²) in [4.78, 5) is 13.0. The van der Waals surface area contributed by atoms with Crippen molar-refractivity contribution >= 4 is 6.02 Å². The molecule has 134 valence electrons. The minimum Gasteiger partial charge on any atom is -0.487 e. The Bertz CT molecular complexity index is 888. The highest BCUT2D eigenvalue weighted by molar-refractivity contribution is 5.76. The average Bonchev–Trinajstić information content (AvgIpc) is 3.07. The molecule has 1 fully saturated rings. The molecule has 2 aromatic rings. The second-order valence-electron chi connectivity index (χ2n) is 7.14. The fourth-order valence-electron chi connectivity index (χ4n) is 4.31. The zero-order chi connectivity index (χ0) is 17.8. The molecule has 7 nitrogen and oxygen atoms in total. The molecule has 3 aliphatic heterocycles. The van der Waals surface area contributed by atoms with Crippen LogP contribution in [-0.2, 0) is 15.0 Å². The SMILES string of the molecule is C[C@]12OCCCC1Oc1ccc(-c3cncnc3)cc1C21COC(N)=N1. The van der Waals surface area contributed by atoms with E-state index in [9.17, 15) is 0 Å². The molecule has 0 amide bonds. The van der Waals surface area contributed by atoms with E-state index in [2.05, 4.69) is 23.0 Å². The summed E-state index contributed by atoms with van der Waals surface area (Å²) >= 11 is 0. The van der Waals surface area contributed by atoms with E-state index in [1.165, 1.54) is 6.33 Å². The van der Waals surface area contributed by atoms with Crippen LogP contribution >= 0.6 is 0 Å². The van der Waals surface area contributed by atoms with Crippen LogP contribution in [0.1, 0.15) is 25.3 Å². The smallest absolute Gasteiger partial charge is 0.283 e. The van der Waals surface area contributed by atoms with Gasteiger partial charge in [-0.25, -0.2) is 15.0 Å². The van der Waals surface area contributed by atoms with E-state index in [1.54, 1.807) is 12.4 Å². The maximum Gasteiger partial charge on any atom is 0.283 e. The van der Waals surface area contributed by atoms with Crippen LogP contribution in [-0.4, -0.2) is 40.9 Å². The lowest BCUT2D eigenvalue weighted by atomic mass is 9.69. The first kappa shape index (κ1) is 15.6. The van der Waals surface area contributed by atoms with Gasteiger partial charge in [-0.05, 0) is 37.5 Å². The van der Waals surface area contributed by atoms with Gasteiger partial charge in [-0.3, -0.25) is 0 Å². The Morgan fingerprint density at radius 3 is 2.81 bits per heavy atom. The summed E-state index contributed by atoms with van der Waals surface area (Å²) in [6.07, 6.45) is 6.88. The van der Waals surface area contributed by atoms with Gasteiger partial charge in [-0.2, -0.15) is 0 Å². The number of hydrogen-bond donors (Lipinski definition) is 1. The minimum atomic E-state index is -0.721. The molecule has 0 aliphatic carbocycles. The highest BCUT2D eigenvalue weighted by Crippen LogP contribution is 2.54. The van der Waals surface area contributed by atoms with Crippen LogP contribution in [0.5, 0.6) is 5.75 Å².